The third-order valence-electron chi connectivity index (χ3n) is 5.48. The van der Waals surface area contributed by atoms with Gasteiger partial charge >= 0.3 is 0 Å². The van der Waals surface area contributed by atoms with E-state index in [1.807, 2.05) is 72.3 Å². The molecule has 3 aromatic carbocycles. The summed E-state index contributed by atoms with van der Waals surface area (Å²) in [6, 6.07) is 22.7. The molecule has 174 valence electrons. The molecule has 0 aliphatic heterocycles. The molecular formula is C27H23N5O3. The summed E-state index contributed by atoms with van der Waals surface area (Å²) in [5, 5.41) is 6.99. The van der Waals surface area contributed by atoms with E-state index in [-0.39, 0.29) is 5.91 Å². The van der Waals surface area contributed by atoms with Gasteiger partial charge < -0.3 is 19.1 Å². The van der Waals surface area contributed by atoms with Gasteiger partial charge in [-0.15, -0.1) is 0 Å². The lowest BCUT2D eigenvalue weighted by Gasteiger charge is -2.10. The van der Waals surface area contributed by atoms with Crippen LogP contribution in [0.1, 0.15) is 21.5 Å². The second-order valence-corrected chi connectivity index (χ2v) is 8.08. The molecule has 0 saturated heterocycles. The molecule has 0 unspecified atom stereocenters. The molecule has 1 amide bonds. The van der Waals surface area contributed by atoms with Crippen LogP contribution < -0.4 is 10.1 Å². The average Bonchev–Trinajstić information content (AvgIpc) is 3.55. The lowest BCUT2D eigenvalue weighted by atomic mass is 10.1. The SMILES string of the molecule is COc1ccccc1C(=O)Nc1ccc(Cn2cnc(-c3nc(-c4cccc(C)c4)no3)c2)cc1. The molecule has 0 radical (unpaired) electrons. The maximum absolute atomic E-state index is 12.6. The monoisotopic (exact) mass is 465 g/mol. The number of ether oxygens (including phenoxy) is 1. The molecular weight excluding hydrogens is 442 g/mol. The molecule has 8 heteroatoms. The van der Waals surface area contributed by atoms with E-state index in [1.165, 1.54) is 0 Å². The fourth-order valence-electron chi connectivity index (χ4n) is 3.72. The molecule has 5 aromatic rings. The van der Waals surface area contributed by atoms with Gasteiger partial charge in [-0.05, 0) is 42.8 Å². The first-order valence-electron chi connectivity index (χ1n) is 11.1. The van der Waals surface area contributed by atoms with E-state index in [1.54, 1.807) is 31.6 Å². The third-order valence-corrected chi connectivity index (χ3v) is 5.48. The Balaban J connectivity index is 1.24. The Bertz CT molecular complexity index is 1470. The summed E-state index contributed by atoms with van der Waals surface area (Å²) in [5.41, 5.74) is 4.87. The summed E-state index contributed by atoms with van der Waals surface area (Å²) in [6.07, 6.45) is 3.59. The maximum atomic E-state index is 12.6. The molecule has 0 atom stereocenters. The minimum Gasteiger partial charge on any atom is -0.496 e. The topological polar surface area (TPSA) is 95.1 Å². The average molecular weight is 466 g/mol. The van der Waals surface area contributed by atoms with Crippen LogP contribution in [-0.2, 0) is 6.54 Å². The first-order chi connectivity index (χ1) is 17.1. The van der Waals surface area contributed by atoms with Crippen LogP contribution in [0.2, 0.25) is 0 Å². The van der Waals surface area contributed by atoms with Gasteiger partial charge in [0.15, 0.2) is 0 Å². The molecule has 0 aliphatic rings. The summed E-state index contributed by atoms with van der Waals surface area (Å²) >= 11 is 0. The minimum absolute atomic E-state index is 0.223. The van der Waals surface area contributed by atoms with E-state index < -0.39 is 0 Å². The fraction of sp³-hybridized carbons (Fsp3) is 0.111. The van der Waals surface area contributed by atoms with Gasteiger partial charge in [0.25, 0.3) is 11.8 Å². The van der Waals surface area contributed by atoms with Crippen LogP contribution in [0.15, 0.2) is 89.8 Å². The summed E-state index contributed by atoms with van der Waals surface area (Å²) in [5.74, 6) is 1.21. The highest BCUT2D eigenvalue weighted by Gasteiger charge is 2.14. The molecule has 8 nitrogen and oxygen atoms in total. The van der Waals surface area contributed by atoms with E-state index in [0.29, 0.717) is 41.0 Å². The van der Waals surface area contributed by atoms with E-state index in [0.717, 1.165) is 16.7 Å². The first kappa shape index (κ1) is 22.1. The number of aryl methyl sites for hydroxylation is 1. The molecule has 2 heterocycles. The number of aromatic nitrogens is 4. The molecule has 0 fully saturated rings. The Morgan fingerprint density at radius 1 is 1.06 bits per heavy atom. The number of benzene rings is 3. The molecule has 0 spiro atoms. The minimum atomic E-state index is -0.223. The van der Waals surface area contributed by atoms with Crippen molar-refractivity contribution in [3.63, 3.8) is 0 Å². The zero-order chi connectivity index (χ0) is 24.2. The van der Waals surface area contributed by atoms with Crippen molar-refractivity contribution >= 4 is 11.6 Å². The first-order valence-corrected chi connectivity index (χ1v) is 11.1. The van der Waals surface area contributed by atoms with E-state index >= 15 is 0 Å². The van der Waals surface area contributed by atoms with Crippen LogP contribution in [0.25, 0.3) is 23.0 Å². The fourth-order valence-corrected chi connectivity index (χ4v) is 3.72. The number of nitrogens with one attached hydrogen (secondary N) is 1. The second-order valence-electron chi connectivity index (χ2n) is 8.08. The number of carbonyl (C=O) groups excluding carboxylic acids is 1. The number of nitrogens with zero attached hydrogens (tertiary/aromatic N) is 4. The van der Waals surface area contributed by atoms with E-state index in [9.17, 15) is 4.79 Å². The van der Waals surface area contributed by atoms with Crippen molar-refractivity contribution in [2.24, 2.45) is 0 Å². The molecule has 2 aromatic heterocycles. The number of para-hydroxylation sites is 1. The van der Waals surface area contributed by atoms with Crippen LogP contribution in [0.5, 0.6) is 5.75 Å². The van der Waals surface area contributed by atoms with Crippen LogP contribution >= 0.6 is 0 Å². The summed E-state index contributed by atoms with van der Waals surface area (Å²) in [7, 11) is 1.55. The molecule has 5 rings (SSSR count). The van der Waals surface area contributed by atoms with Gasteiger partial charge in [0.05, 0.1) is 19.0 Å². The van der Waals surface area contributed by atoms with Gasteiger partial charge in [0, 0.05) is 24.0 Å². The smallest absolute Gasteiger partial charge is 0.278 e. The van der Waals surface area contributed by atoms with Crippen molar-refractivity contribution in [2.75, 3.05) is 12.4 Å². The van der Waals surface area contributed by atoms with Gasteiger partial charge in [0.1, 0.15) is 11.4 Å². The molecule has 0 bridgehead atoms. The van der Waals surface area contributed by atoms with Crippen molar-refractivity contribution < 1.29 is 14.1 Å². The van der Waals surface area contributed by atoms with Crippen LogP contribution in [-0.4, -0.2) is 32.7 Å². The van der Waals surface area contributed by atoms with Crippen molar-refractivity contribution in [3.05, 3.63) is 102 Å². The van der Waals surface area contributed by atoms with Gasteiger partial charge in [-0.3, -0.25) is 4.79 Å². The van der Waals surface area contributed by atoms with Gasteiger partial charge in [-0.1, -0.05) is 53.2 Å². The number of methoxy groups -OCH3 is 1. The van der Waals surface area contributed by atoms with E-state index in [2.05, 4.69) is 20.4 Å². The lowest BCUT2D eigenvalue weighted by molar-refractivity contribution is 0.102. The van der Waals surface area contributed by atoms with Gasteiger partial charge in [-0.2, -0.15) is 4.98 Å². The van der Waals surface area contributed by atoms with Crippen LogP contribution in [0.3, 0.4) is 0 Å². The molecule has 35 heavy (non-hydrogen) atoms. The standard InChI is InChI=1S/C27H23N5O3/c1-18-6-5-7-20(14-18)25-30-27(35-31-25)23-16-32(17-28-23)15-19-10-12-21(13-11-19)29-26(33)22-8-3-4-9-24(22)34-2/h3-14,16-17H,15H2,1-2H3,(H,29,33). The largest absolute Gasteiger partial charge is 0.496 e. The number of amides is 1. The van der Waals surface area contributed by atoms with E-state index in [4.69, 9.17) is 9.26 Å². The second kappa shape index (κ2) is 9.64. The zero-order valence-corrected chi connectivity index (χ0v) is 19.3. The highest BCUT2D eigenvalue weighted by Crippen LogP contribution is 2.23. The number of imidazole rings is 1. The summed E-state index contributed by atoms with van der Waals surface area (Å²) in [6.45, 7) is 2.62. The Labute approximate surface area is 202 Å². The third kappa shape index (κ3) is 4.96. The Morgan fingerprint density at radius 2 is 1.89 bits per heavy atom. The number of carbonyl (C=O) groups is 1. The maximum Gasteiger partial charge on any atom is 0.278 e. The number of rotatable bonds is 7. The number of anilines is 1. The van der Waals surface area contributed by atoms with Crippen molar-refractivity contribution in [1.29, 1.82) is 0 Å². The zero-order valence-electron chi connectivity index (χ0n) is 19.3. The van der Waals surface area contributed by atoms with Crippen molar-refractivity contribution in [3.8, 4) is 28.7 Å². The highest BCUT2D eigenvalue weighted by molar-refractivity contribution is 6.06. The Morgan fingerprint density at radius 3 is 2.69 bits per heavy atom. The van der Waals surface area contributed by atoms with Gasteiger partial charge in [-0.25, -0.2) is 4.98 Å². The van der Waals surface area contributed by atoms with Gasteiger partial charge in [0.2, 0.25) is 5.82 Å². The summed E-state index contributed by atoms with van der Waals surface area (Å²) in [4.78, 5) is 21.5. The van der Waals surface area contributed by atoms with Crippen LogP contribution in [0, 0.1) is 6.92 Å². The number of hydrogen-bond acceptors (Lipinski definition) is 6. The quantitative estimate of drug-likeness (QED) is 0.354. The predicted octanol–water partition coefficient (Wildman–Crippen LogP) is 5.22. The predicted molar refractivity (Wildman–Crippen MR) is 132 cm³/mol. The van der Waals surface area contributed by atoms with Crippen LogP contribution in [0.4, 0.5) is 5.69 Å². The molecule has 0 saturated carbocycles. The Kier molecular flexibility index (Phi) is 6.09. The molecule has 1 N–H and O–H groups in total. The normalized spacial score (nSPS) is 10.8. The highest BCUT2D eigenvalue weighted by atomic mass is 16.5. The Hall–Kier alpha value is -4.72. The molecule has 0 aliphatic carbocycles. The summed E-state index contributed by atoms with van der Waals surface area (Å²) < 4.78 is 12.6. The number of hydrogen-bond donors (Lipinski definition) is 1. The lowest BCUT2D eigenvalue weighted by Crippen LogP contribution is -2.13. The van der Waals surface area contributed by atoms with Crippen molar-refractivity contribution in [1.82, 2.24) is 19.7 Å². The van der Waals surface area contributed by atoms with Crippen molar-refractivity contribution in [2.45, 2.75) is 13.5 Å².